The maximum Gasteiger partial charge on any atom is 0.138 e. The molecule has 0 saturated heterocycles. The van der Waals surface area contributed by atoms with E-state index in [1.165, 1.54) is 0 Å². The first kappa shape index (κ1) is 23.2. The third-order valence-electron chi connectivity index (χ3n) is 5.54. The molecule has 0 aliphatic rings. The van der Waals surface area contributed by atoms with Crippen molar-refractivity contribution in [3.63, 3.8) is 0 Å². The average molecular weight is 381 g/mol. The third kappa shape index (κ3) is 6.69. The third-order valence-corrected chi connectivity index (χ3v) is 10.0. The number of rotatable bonds is 5. The summed E-state index contributed by atoms with van der Waals surface area (Å²) >= 11 is 0. The van der Waals surface area contributed by atoms with E-state index in [0.717, 1.165) is 17.7 Å². The molecular weight excluding hydrogens is 344 g/mol. The standard InChI is InChI=1S/C24H36N2Si/c1-19(2)26(20(3)4)16-14-23(15-17-27(8,9)24(5,6)7)22-12-10-21(18-25)11-13-22/h10-14,19-20H,16H2,1-9H3/b23-14-. The van der Waals surface area contributed by atoms with Gasteiger partial charge < -0.3 is 0 Å². The Balaban J connectivity index is 3.33. The van der Waals surface area contributed by atoms with Crippen LogP contribution in [0.15, 0.2) is 30.3 Å². The fraction of sp³-hybridized carbons (Fsp3) is 0.542. The van der Waals surface area contributed by atoms with Gasteiger partial charge in [0.05, 0.1) is 11.6 Å². The summed E-state index contributed by atoms with van der Waals surface area (Å²) in [5.41, 5.74) is 6.48. The van der Waals surface area contributed by atoms with E-state index >= 15 is 0 Å². The lowest BCUT2D eigenvalue weighted by Gasteiger charge is -2.31. The van der Waals surface area contributed by atoms with Gasteiger partial charge in [-0.25, -0.2) is 0 Å². The van der Waals surface area contributed by atoms with Gasteiger partial charge in [-0.1, -0.05) is 58.0 Å². The highest BCUT2D eigenvalue weighted by Gasteiger charge is 2.33. The molecule has 0 aliphatic heterocycles. The number of hydrogen-bond donors (Lipinski definition) is 0. The van der Waals surface area contributed by atoms with Crippen LogP contribution in [0.4, 0.5) is 0 Å². The van der Waals surface area contributed by atoms with Crippen molar-refractivity contribution in [3.8, 4) is 17.5 Å². The van der Waals surface area contributed by atoms with E-state index in [1.807, 2.05) is 24.3 Å². The van der Waals surface area contributed by atoms with Crippen molar-refractivity contribution < 1.29 is 0 Å². The van der Waals surface area contributed by atoms with Crippen LogP contribution >= 0.6 is 0 Å². The van der Waals surface area contributed by atoms with Gasteiger partial charge in [-0.05, 0) is 50.4 Å². The molecule has 2 nitrogen and oxygen atoms in total. The molecule has 0 saturated carbocycles. The van der Waals surface area contributed by atoms with Crippen LogP contribution in [-0.2, 0) is 0 Å². The molecule has 0 bridgehead atoms. The average Bonchev–Trinajstić information content (AvgIpc) is 2.56. The van der Waals surface area contributed by atoms with Gasteiger partial charge in [0, 0.05) is 24.2 Å². The van der Waals surface area contributed by atoms with Gasteiger partial charge in [-0.3, -0.25) is 4.90 Å². The zero-order valence-corrected chi connectivity index (χ0v) is 19.6. The van der Waals surface area contributed by atoms with Crippen LogP contribution in [0, 0.1) is 22.8 Å². The number of nitriles is 1. The van der Waals surface area contributed by atoms with Crippen molar-refractivity contribution in [2.45, 2.75) is 78.7 Å². The molecule has 1 aromatic carbocycles. The van der Waals surface area contributed by atoms with E-state index in [0.29, 0.717) is 17.6 Å². The van der Waals surface area contributed by atoms with Gasteiger partial charge in [0.25, 0.3) is 0 Å². The second-order valence-electron chi connectivity index (χ2n) is 9.32. The summed E-state index contributed by atoms with van der Waals surface area (Å²) < 4.78 is 0. The zero-order valence-electron chi connectivity index (χ0n) is 18.6. The molecule has 0 fully saturated rings. The summed E-state index contributed by atoms with van der Waals surface area (Å²) in [7, 11) is -1.69. The van der Waals surface area contributed by atoms with Crippen LogP contribution in [-0.4, -0.2) is 31.6 Å². The first-order valence-corrected chi connectivity index (χ1v) is 12.9. The highest BCUT2D eigenvalue weighted by Crippen LogP contribution is 2.35. The molecule has 0 atom stereocenters. The van der Waals surface area contributed by atoms with E-state index in [1.54, 1.807) is 0 Å². The summed E-state index contributed by atoms with van der Waals surface area (Å²) in [6.07, 6.45) is 2.25. The normalized spacial score (nSPS) is 12.9. The molecule has 27 heavy (non-hydrogen) atoms. The summed E-state index contributed by atoms with van der Waals surface area (Å²) in [4.78, 5) is 2.46. The van der Waals surface area contributed by atoms with Gasteiger partial charge in [0.1, 0.15) is 8.07 Å². The second-order valence-corrected chi connectivity index (χ2v) is 14.3. The molecular formula is C24H36N2Si. The minimum atomic E-state index is -1.69. The van der Waals surface area contributed by atoms with Crippen LogP contribution < -0.4 is 0 Å². The van der Waals surface area contributed by atoms with Gasteiger partial charge in [0.15, 0.2) is 0 Å². The van der Waals surface area contributed by atoms with Crippen molar-refractivity contribution in [3.05, 3.63) is 41.5 Å². The summed E-state index contributed by atoms with van der Waals surface area (Å²) in [6.45, 7) is 21.3. The van der Waals surface area contributed by atoms with Crippen molar-refractivity contribution in [1.82, 2.24) is 4.90 Å². The predicted molar refractivity (Wildman–Crippen MR) is 121 cm³/mol. The Morgan fingerprint density at radius 1 is 1.07 bits per heavy atom. The monoisotopic (exact) mass is 380 g/mol. The molecule has 0 N–H and O–H groups in total. The van der Waals surface area contributed by atoms with E-state index in [9.17, 15) is 0 Å². The van der Waals surface area contributed by atoms with Gasteiger partial charge in [0.2, 0.25) is 0 Å². The number of hydrogen-bond acceptors (Lipinski definition) is 2. The minimum Gasteiger partial charge on any atom is -0.295 e. The molecule has 0 unspecified atom stereocenters. The summed E-state index contributed by atoms with van der Waals surface area (Å²) in [5.74, 6) is 3.52. The Morgan fingerprint density at radius 3 is 2.00 bits per heavy atom. The van der Waals surface area contributed by atoms with Crippen LogP contribution in [0.2, 0.25) is 18.1 Å². The number of allylic oxidation sites excluding steroid dienone is 1. The quantitative estimate of drug-likeness (QED) is 0.455. The molecule has 0 aliphatic carbocycles. The maximum absolute atomic E-state index is 9.07. The molecule has 0 radical (unpaired) electrons. The Morgan fingerprint density at radius 2 is 1.59 bits per heavy atom. The highest BCUT2D eigenvalue weighted by atomic mass is 28.3. The highest BCUT2D eigenvalue weighted by molar-refractivity contribution is 6.87. The Kier molecular flexibility index (Phi) is 8.09. The van der Waals surface area contributed by atoms with Crippen molar-refractivity contribution >= 4 is 13.6 Å². The lowest BCUT2D eigenvalue weighted by Crippen LogP contribution is -2.37. The maximum atomic E-state index is 9.07. The van der Waals surface area contributed by atoms with Crippen LogP contribution in [0.25, 0.3) is 5.57 Å². The molecule has 0 amide bonds. The Hall–Kier alpha value is -1.81. The lowest BCUT2D eigenvalue weighted by atomic mass is 10.0. The van der Waals surface area contributed by atoms with Gasteiger partial charge in [-0.15, -0.1) is 5.54 Å². The van der Waals surface area contributed by atoms with Gasteiger partial charge >= 0.3 is 0 Å². The Labute approximate surface area is 168 Å². The molecule has 0 aromatic heterocycles. The second kappa shape index (κ2) is 9.40. The first-order chi connectivity index (χ1) is 12.4. The largest absolute Gasteiger partial charge is 0.295 e. The number of nitrogens with zero attached hydrogens (tertiary/aromatic N) is 2. The molecule has 146 valence electrons. The molecule has 0 heterocycles. The fourth-order valence-corrected chi connectivity index (χ4v) is 3.41. The molecule has 1 aromatic rings. The first-order valence-electron chi connectivity index (χ1n) is 9.88. The van der Waals surface area contributed by atoms with Crippen LogP contribution in [0.5, 0.6) is 0 Å². The predicted octanol–water partition coefficient (Wildman–Crippen LogP) is 6.11. The lowest BCUT2D eigenvalue weighted by molar-refractivity contribution is 0.196. The van der Waals surface area contributed by atoms with Gasteiger partial charge in [-0.2, -0.15) is 5.26 Å². The van der Waals surface area contributed by atoms with Crippen LogP contribution in [0.1, 0.15) is 59.6 Å². The van der Waals surface area contributed by atoms with Crippen molar-refractivity contribution in [2.24, 2.45) is 0 Å². The Bertz CT molecular complexity index is 737. The molecule has 3 heteroatoms. The molecule has 1 rings (SSSR count). The number of benzene rings is 1. The van der Waals surface area contributed by atoms with Crippen molar-refractivity contribution in [2.75, 3.05) is 6.54 Å². The summed E-state index contributed by atoms with van der Waals surface area (Å²) in [6, 6.07) is 10.9. The van der Waals surface area contributed by atoms with Crippen molar-refractivity contribution in [1.29, 1.82) is 5.26 Å². The van der Waals surface area contributed by atoms with Crippen LogP contribution in [0.3, 0.4) is 0 Å². The van der Waals surface area contributed by atoms with E-state index < -0.39 is 8.07 Å². The minimum absolute atomic E-state index is 0.234. The topological polar surface area (TPSA) is 27.0 Å². The fourth-order valence-electron chi connectivity index (χ4n) is 2.59. The summed E-state index contributed by atoms with van der Waals surface area (Å²) in [5, 5.41) is 9.31. The van der Waals surface area contributed by atoms with E-state index in [-0.39, 0.29) is 5.04 Å². The molecule has 0 spiro atoms. The smallest absolute Gasteiger partial charge is 0.138 e. The van der Waals surface area contributed by atoms with E-state index in [2.05, 4.69) is 90.1 Å². The zero-order chi connectivity index (χ0) is 20.8. The SMILES string of the molecule is CC(C)N(C/C=C(/C#C[Si](C)(C)C(C)(C)C)c1ccc(C#N)cc1)C(C)C. The van der Waals surface area contributed by atoms with E-state index in [4.69, 9.17) is 5.26 Å².